The Morgan fingerprint density at radius 2 is 0.980 bits per heavy atom. The number of allylic oxidation sites excluding steroid dienone is 6. The third-order valence-electron chi connectivity index (χ3n) is 11.1. The van der Waals surface area contributed by atoms with E-state index in [1.165, 1.54) is 166 Å². The van der Waals surface area contributed by atoms with E-state index in [1.807, 2.05) is 12.4 Å². The Morgan fingerprint density at radius 3 is 1.45 bits per heavy atom. The third-order valence-corrected chi connectivity index (χ3v) is 11.1. The maximum atomic E-state index is 6.91. The van der Waals surface area contributed by atoms with Crippen LogP contribution >= 0.6 is 0 Å². The number of hydrogen-bond acceptors (Lipinski definition) is 4. The van der Waals surface area contributed by atoms with E-state index in [-0.39, 0.29) is 18.0 Å². The predicted octanol–water partition coefficient (Wildman–Crippen LogP) is 13.7. The van der Waals surface area contributed by atoms with Crippen LogP contribution in [0.1, 0.15) is 193 Å². The van der Waals surface area contributed by atoms with E-state index < -0.39 is 0 Å². The lowest BCUT2D eigenvalue weighted by Gasteiger charge is -2.31. The van der Waals surface area contributed by atoms with Gasteiger partial charge in [-0.1, -0.05) is 147 Å². The molecule has 0 aromatic carbocycles. The molecule has 51 heavy (non-hydrogen) atoms. The molecule has 1 unspecified atom stereocenters. The van der Waals surface area contributed by atoms with Gasteiger partial charge < -0.3 is 9.47 Å². The van der Waals surface area contributed by atoms with Gasteiger partial charge in [-0.25, -0.2) is 0 Å². The van der Waals surface area contributed by atoms with Crippen molar-refractivity contribution < 1.29 is 9.47 Å². The molecule has 290 valence electrons. The van der Waals surface area contributed by atoms with Crippen molar-refractivity contribution in [2.24, 2.45) is 0 Å². The van der Waals surface area contributed by atoms with Crippen LogP contribution in [0.15, 0.2) is 61.0 Å². The van der Waals surface area contributed by atoms with Crippen LogP contribution in [0.4, 0.5) is 0 Å². The summed E-state index contributed by atoms with van der Waals surface area (Å²) in [5.74, 6) is -0.341. The molecule has 0 radical (unpaired) electrons. The van der Waals surface area contributed by atoms with E-state index in [9.17, 15) is 0 Å². The summed E-state index contributed by atoms with van der Waals surface area (Å²) < 4.78 is 13.8. The molecule has 3 rings (SSSR count). The van der Waals surface area contributed by atoms with Crippen molar-refractivity contribution in [3.05, 3.63) is 66.5 Å². The van der Waals surface area contributed by atoms with Gasteiger partial charge in [-0.15, -0.1) is 0 Å². The molecule has 0 amide bonds. The Hall–Kier alpha value is -1.75. The summed E-state index contributed by atoms with van der Waals surface area (Å²) in [5.41, 5.74) is 1.36. The molecule has 0 N–H and O–H groups in total. The largest absolute Gasteiger partial charge is 0.343 e. The minimum atomic E-state index is -0.341. The van der Waals surface area contributed by atoms with Gasteiger partial charge in [-0.05, 0) is 88.3 Å². The number of hydrogen-bond donors (Lipinski definition) is 0. The van der Waals surface area contributed by atoms with Crippen LogP contribution in [0.2, 0.25) is 0 Å². The second-order valence-corrected chi connectivity index (χ2v) is 15.8. The highest BCUT2D eigenvalue weighted by molar-refractivity contribution is 5.10. The number of aromatic nitrogens is 1. The monoisotopic (exact) mass is 705 g/mol. The van der Waals surface area contributed by atoms with Crippen LogP contribution < -0.4 is 0 Å². The first-order valence-corrected chi connectivity index (χ1v) is 22.2. The molecule has 2 aliphatic rings. The quantitative estimate of drug-likeness (QED) is 0.0414. The van der Waals surface area contributed by atoms with E-state index in [1.54, 1.807) is 0 Å². The topological polar surface area (TPSA) is 34.6 Å². The van der Waals surface area contributed by atoms with E-state index in [2.05, 4.69) is 72.3 Å². The third kappa shape index (κ3) is 20.9. The predicted molar refractivity (Wildman–Crippen MR) is 220 cm³/mol. The maximum absolute atomic E-state index is 6.91. The summed E-state index contributed by atoms with van der Waals surface area (Å²) >= 11 is 0. The fourth-order valence-corrected chi connectivity index (χ4v) is 7.87. The molecule has 0 spiro atoms. The van der Waals surface area contributed by atoms with Crippen molar-refractivity contribution in [1.82, 2.24) is 9.88 Å². The number of likely N-dealkylation sites (tertiary alicyclic amines) is 1. The molecule has 0 aliphatic carbocycles. The lowest BCUT2D eigenvalue weighted by atomic mass is 9.98. The second kappa shape index (κ2) is 29.7. The molecule has 1 aromatic rings. The van der Waals surface area contributed by atoms with Crippen molar-refractivity contribution in [1.29, 1.82) is 0 Å². The number of rotatable bonds is 33. The SMILES string of the molecule is CCCCC/C=C\CCCCCCCCCCCC1(CCCCCCCC/C=C\C=C\CCCCC)O[C@H]2CN(CCc3ccncc3)C[C@H]2O1. The van der Waals surface area contributed by atoms with E-state index >= 15 is 0 Å². The van der Waals surface area contributed by atoms with Crippen molar-refractivity contribution in [3.63, 3.8) is 0 Å². The van der Waals surface area contributed by atoms with Gasteiger partial charge in [0.1, 0.15) is 12.2 Å². The number of ether oxygens (including phenoxy) is 2. The van der Waals surface area contributed by atoms with E-state index in [0.717, 1.165) is 38.9 Å². The van der Waals surface area contributed by atoms with Gasteiger partial charge >= 0.3 is 0 Å². The summed E-state index contributed by atoms with van der Waals surface area (Å²) in [4.78, 5) is 6.72. The van der Waals surface area contributed by atoms with Gasteiger partial charge in [-0.3, -0.25) is 9.88 Å². The molecule has 4 nitrogen and oxygen atoms in total. The molecule has 2 fully saturated rings. The van der Waals surface area contributed by atoms with Gasteiger partial charge in [0.05, 0.1) is 0 Å². The molecule has 3 atom stereocenters. The van der Waals surface area contributed by atoms with Gasteiger partial charge in [0.15, 0.2) is 5.79 Å². The first kappa shape index (κ1) is 43.7. The van der Waals surface area contributed by atoms with Gasteiger partial charge in [0.25, 0.3) is 0 Å². The van der Waals surface area contributed by atoms with E-state index in [0.29, 0.717) is 0 Å². The average Bonchev–Trinajstić information content (AvgIpc) is 3.68. The number of pyridine rings is 1. The fraction of sp³-hybridized carbons (Fsp3) is 0.766. The molecule has 2 saturated heterocycles. The molecule has 2 aliphatic heterocycles. The van der Waals surface area contributed by atoms with Gasteiger partial charge in [0.2, 0.25) is 0 Å². The van der Waals surface area contributed by atoms with Gasteiger partial charge in [0, 0.05) is 44.9 Å². The zero-order valence-corrected chi connectivity index (χ0v) is 33.6. The molecule has 1 aromatic heterocycles. The maximum Gasteiger partial charge on any atom is 0.169 e. The van der Waals surface area contributed by atoms with Crippen molar-refractivity contribution in [2.45, 2.75) is 212 Å². The summed E-state index contributed by atoms with van der Waals surface area (Å²) in [6.45, 7) is 7.64. The van der Waals surface area contributed by atoms with Crippen molar-refractivity contribution in [3.8, 4) is 0 Å². The van der Waals surface area contributed by atoms with Crippen LogP contribution in [0.25, 0.3) is 0 Å². The molecule has 0 bridgehead atoms. The van der Waals surface area contributed by atoms with E-state index in [4.69, 9.17) is 9.47 Å². The van der Waals surface area contributed by atoms with Crippen LogP contribution in [0.3, 0.4) is 0 Å². The van der Waals surface area contributed by atoms with Crippen molar-refractivity contribution in [2.75, 3.05) is 19.6 Å². The lowest BCUT2D eigenvalue weighted by molar-refractivity contribution is -0.193. The zero-order chi connectivity index (χ0) is 35.9. The number of unbranched alkanes of at least 4 members (excludes halogenated alkanes) is 21. The normalized spacial score (nSPS) is 20.9. The fourth-order valence-electron chi connectivity index (χ4n) is 7.87. The molecule has 3 heterocycles. The Morgan fingerprint density at radius 1 is 0.569 bits per heavy atom. The first-order chi connectivity index (χ1) is 25.2. The zero-order valence-electron chi connectivity index (χ0n) is 33.6. The number of fused-ring (bicyclic) bond motifs is 1. The lowest BCUT2D eigenvalue weighted by Crippen LogP contribution is -2.36. The first-order valence-electron chi connectivity index (χ1n) is 22.2. The standard InChI is InChI=1S/C47H80N2O2/c1-3-5-7-9-11-13-15-17-19-21-23-25-27-29-31-33-38-47(37-32-30-28-26-24-22-20-18-16-14-12-10-8-6-4-2)50-45-42-49(43-46(45)51-47)41-36-44-34-39-48-40-35-44/h11-14,16,18,34-35,39-40,45-46H,3-10,15,17,19-33,36-38,41-43H2,1-2H3/b13-11-,14-12+,18-16-/t45-,46+,47?. The Bertz CT molecular complexity index is 1010. The van der Waals surface area contributed by atoms with Crippen LogP contribution in [-0.2, 0) is 15.9 Å². The highest BCUT2D eigenvalue weighted by Gasteiger charge is 2.50. The molecule has 0 saturated carbocycles. The molecule has 4 heteroatoms. The average molecular weight is 705 g/mol. The molecular formula is C47H80N2O2. The summed E-state index contributed by atoms with van der Waals surface area (Å²) in [5, 5.41) is 0. The Labute approximate surface area is 316 Å². The molecular weight excluding hydrogens is 625 g/mol. The van der Waals surface area contributed by atoms with Crippen molar-refractivity contribution >= 4 is 0 Å². The van der Waals surface area contributed by atoms with Crippen LogP contribution in [0.5, 0.6) is 0 Å². The minimum Gasteiger partial charge on any atom is -0.343 e. The minimum absolute atomic E-state index is 0.234. The summed E-state index contributed by atoms with van der Waals surface area (Å²) in [7, 11) is 0. The number of nitrogens with zero attached hydrogens (tertiary/aromatic N) is 2. The Kier molecular flexibility index (Phi) is 25.4. The summed E-state index contributed by atoms with van der Waals surface area (Å²) in [6.07, 6.45) is 54.6. The van der Waals surface area contributed by atoms with Crippen LogP contribution in [-0.4, -0.2) is 47.5 Å². The smallest absolute Gasteiger partial charge is 0.169 e. The highest BCUT2D eigenvalue weighted by atomic mass is 16.8. The van der Waals surface area contributed by atoms with Gasteiger partial charge in [-0.2, -0.15) is 0 Å². The van der Waals surface area contributed by atoms with Crippen LogP contribution in [0, 0.1) is 0 Å². The highest BCUT2D eigenvalue weighted by Crippen LogP contribution is 2.40. The summed E-state index contributed by atoms with van der Waals surface area (Å²) in [6, 6.07) is 4.27. The second-order valence-electron chi connectivity index (χ2n) is 15.8. The Balaban J connectivity index is 1.27.